The number of rotatable bonds is 3. The lowest BCUT2D eigenvalue weighted by molar-refractivity contribution is 0.100. The number of nitrogens with two attached hydrogens (primary N) is 2. The molecule has 0 spiro atoms. The smallest absolute Gasteiger partial charge is 0.248 e. The number of nitrogen functional groups attached to an aromatic ring is 1. The monoisotopic (exact) mass is 235 g/mol. The highest BCUT2D eigenvalue weighted by molar-refractivity contribution is 5.93. The summed E-state index contributed by atoms with van der Waals surface area (Å²) in [6.07, 6.45) is 0.570. The summed E-state index contributed by atoms with van der Waals surface area (Å²) in [5.41, 5.74) is 13.0. The molecule has 5 heteroatoms. The number of hydrogen-bond donors (Lipinski definition) is 3. The predicted molar refractivity (Wildman–Crippen MR) is 65.3 cm³/mol. The summed E-state index contributed by atoms with van der Waals surface area (Å²) in [5, 5.41) is 9.43. The zero-order valence-electron chi connectivity index (χ0n) is 9.60. The molecular weight excluding hydrogens is 218 g/mol. The van der Waals surface area contributed by atoms with Gasteiger partial charge in [-0.2, -0.15) is 0 Å². The van der Waals surface area contributed by atoms with E-state index in [1.165, 1.54) is 0 Å². The van der Waals surface area contributed by atoms with Crippen LogP contribution in [0.15, 0.2) is 18.2 Å². The van der Waals surface area contributed by atoms with E-state index in [1.807, 2.05) is 6.07 Å². The summed E-state index contributed by atoms with van der Waals surface area (Å²) in [6, 6.07) is 5.10. The third-order valence-electron chi connectivity index (χ3n) is 3.07. The van der Waals surface area contributed by atoms with Gasteiger partial charge in [0.2, 0.25) is 5.91 Å². The summed E-state index contributed by atoms with van der Waals surface area (Å²) in [6.45, 7) is 2.25. The van der Waals surface area contributed by atoms with Crippen LogP contribution in [0.4, 0.5) is 5.69 Å². The van der Waals surface area contributed by atoms with E-state index in [-0.39, 0.29) is 6.10 Å². The van der Waals surface area contributed by atoms with E-state index < -0.39 is 5.91 Å². The number of amides is 1. The highest BCUT2D eigenvalue weighted by atomic mass is 16.3. The average Bonchev–Trinajstić information content (AvgIpc) is 2.67. The number of hydrogen-bond acceptors (Lipinski definition) is 4. The van der Waals surface area contributed by atoms with Gasteiger partial charge in [-0.15, -0.1) is 0 Å². The quantitative estimate of drug-likeness (QED) is 0.640. The number of aliphatic hydroxyl groups excluding tert-OH is 1. The molecule has 5 N–H and O–H groups in total. The zero-order chi connectivity index (χ0) is 12.4. The second-order valence-corrected chi connectivity index (χ2v) is 4.46. The maximum absolute atomic E-state index is 11.0. The van der Waals surface area contributed by atoms with Gasteiger partial charge >= 0.3 is 0 Å². The molecule has 1 amide bonds. The van der Waals surface area contributed by atoms with Crippen molar-refractivity contribution in [1.82, 2.24) is 4.90 Å². The van der Waals surface area contributed by atoms with Gasteiger partial charge in [-0.25, -0.2) is 0 Å². The Kier molecular flexibility index (Phi) is 3.31. The second-order valence-electron chi connectivity index (χ2n) is 4.46. The number of aliphatic hydroxyl groups is 1. The first kappa shape index (κ1) is 11.9. The lowest BCUT2D eigenvalue weighted by Gasteiger charge is -2.16. The van der Waals surface area contributed by atoms with Gasteiger partial charge in [0.1, 0.15) is 0 Å². The van der Waals surface area contributed by atoms with Crippen LogP contribution in [-0.4, -0.2) is 35.1 Å². The molecule has 5 nitrogen and oxygen atoms in total. The van der Waals surface area contributed by atoms with Gasteiger partial charge in [0.15, 0.2) is 0 Å². The molecule has 0 radical (unpaired) electrons. The molecule has 2 rings (SSSR count). The van der Waals surface area contributed by atoms with Gasteiger partial charge in [-0.3, -0.25) is 9.69 Å². The Labute approximate surface area is 100 Å². The van der Waals surface area contributed by atoms with Crippen LogP contribution in [0.1, 0.15) is 22.3 Å². The van der Waals surface area contributed by atoms with Crippen molar-refractivity contribution in [3.8, 4) is 0 Å². The van der Waals surface area contributed by atoms with Gasteiger partial charge in [0, 0.05) is 30.9 Å². The van der Waals surface area contributed by atoms with E-state index in [0.29, 0.717) is 24.3 Å². The van der Waals surface area contributed by atoms with Crippen molar-refractivity contribution in [2.45, 2.75) is 19.1 Å². The molecule has 1 atom stereocenters. The highest BCUT2D eigenvalue weighted by Gasteiger charge is 2.20. The molecule has 1 aliphatic rings. The number of carbonyl (C=O) groups excluding carboxylic acids is 1. The van der Waals surface area contributed by atoms with Gasteiger partial charge in [-0.1, -0.05) is 6.07 Å². The van der Waals surface area contributed by atoms with E-state index >= 15 is 0 Å². The average molecular weight is 235 g/mol. The van der Waals surface area contributed by atoms with Crippen LogP contribution in [-0.2, 0) is 6.54 Å². The first-order valence-electron chi connectivity index (χ1n) is 5.65. The molecule has 17 heavy (non-hydrogen) atoms. The lowest BCUT2D eigenvalue weighted by Crippen LogP contribution is -2.22. The van der Waals surface area contributed by atoms with Crippen molar-refractivity contribution < 1.29 is 9.90 Å². The third-order valence-corrected chi connectivity index (χ3v) is 3.07. The molecule has 1 heterocycles. The number of benzene rings is 1. The minimum absolute atomic E-state index is 0.235. The van der Waals surface area contributed by atoms with Gasteiger partial charge in [0.25, 0.3) is 0 Å². The first-order chi connectivity index (χ1) is 8.06. The standard InChI is InChI=1S/C12H17N3O2/c13-11-5-8(12(14)17)1-2-9(11)6-15-4-3-10(16)7-15/h1-2,5,10,16H,3-4,6-7,13H2,(H2,14,17). The van der Waals surface area contributed by atoms with Crippen LogP contribution >= 0.6 is 0 Å². The van der Waals surface area contributed by atoms with Crippen LogP contribution < -0.4 is 11.5 Å². The Morgan fingerprint density at radius 3 is 2.82 bits per heavy atom. The minimum Gasteiger partial charge on any atom is -0.398 e. The lowest BCUT2D eigenvalue weighted by atomic mass is 10.1. The summed E-state index contributed by atoms with van der Waals surface area (Å²) in [7, 11) is 0. The SMILES string of the molecule is NC(=O)c1ccc(CN2CCC(O)C2)c(N)c1. The third kappa shape index (κ3) is 2.75. The summed E-state index contributed by atoms with van der Waals surface area (Å²) >= 11 is 0. The number of nitrogens with zero attached hydrogens (tertiary/aromatic N) is 1. The fourth-order valence-corrected chi connectivity index (χ4v) is 2.09. The molecule has 1 aromatic carbocycles. The van der Waals surface area contributed by atoms with Gasteiger partial charge in [-0.05, 0) is 24.1 Å². The first-order valence-corrected chi connectivity index (χ1v) is 5.65. The molecule has 0 aliphatic carbocycles. The van der Waals surface area contributed by atoms with E-state index in [2.05, 4.69) is 4.90 Å². The normalized spacial score (nSPS) is 20.6. The maximum Gasteiger partial charge on any atom is 0.248 e. The van der Waals surface area contributed by atoms with E-state index in [1.54, 1.807) is 12.1 Å². The highest BCUT2D eigenvalue weighted by Crippen LogP contribution is 2.19. The van der Waals surface area contributed by atoms with E-state index in [9.17, 15) is 9.90 Å². The molecule has 92 valence electrons. The van der Waals surface area contributed by atoms with Crippen molar-refractivity contribution in [2.24, 2.45) is 5.73 Å². The van der Waals surface area contributed by atoms with Crippen molar-refractivity contribution in [3.05, 3.63) is 29.3 Å². The van der Waals surface area contributed by atoms with Crippen LogP contribution in [0.5, 0.6) is 0 Å². The second kappa shape index (κ2) is 4.73. The Bertz CT molecular complexity index is 434. The Balaban J connectivity index is 2.09. The van der Waals surface area contributed by atoms with Crippen LogP contribution in [0.3, 0.4) is 0 Å². The molecule has 1 fully saturated rings. The molecule has 1 unspecified atom stereocenters. The topological polar surface area (TPSA) is 92.6 Å². The molecule has 0 aromatic heterocycles. The Morgan fingerprint density at radius 2 is 2.29 bits per heavy atom. The predicted octanol–water partition coefficient (Wildman–Crippen LogP) is -0.0657. The molecule has 0 bridgehead atoms. The molecular formula is C12H17N3O2. The molecule has 1 saturated heterocycles. The number of likely N-dealkylation sites (tertiary alicyclic amines) is 1. The van der Waals surface area contributed by atoms with Gasteiger partial charge < -0.3 is 16.6 Å². The Morgan fingerprint density at radius 1 is 1.53 bits per heavy atom. The van der Waals surface area contributed by atoms with Gasteiger partial charge in [0.05, 0.1) is 6.10 Å². The number of carbonyl (C=O) groups is 1. The fraction of sp³-hybridized carbons (Fsp3) is 0.417. The zero-order valence-corrected chi connectivity index (χ0v) is 9.60. The van der Waals surface area contributed by atoms with Crippen molar-refractivity contribution in [3.63, 3.8) is 0 Å². The number of anilines is 1. The van der Waals surface area contributed by atoms with Crippen molar-refractivity contribution in [1.29, 1.82) is 0 Å². The van der Waals surface area contributed by atoms with E-state index in [0.717, 1.165) is 18.5 Å². The molecule has 0 saturated carbocycles. The number of β-amino-alcohol motifs (C(OH)–C–C–N with tert-alkyl or cyclic N) is 1. The number of primary amides is 1. The van der Waals surface area contributed by atoms with E-state index in [4.69, 9.17) is 11.5 Å². The molecule has 1 aromatic rings. The summed E-state index contributed by atoms with van der Waals surface area (Å²) in [5.74, 6) is -0.472. The van der Waals surface area contributed by atoms with Crippen LogP contribution in [0, 0.1) is 0 Å². The summed E-state index contributed by atoms with van der Waals surface area (Å²) in [4.78, 5) is 13.1. The van der Waals surface area contributed by atoms with Crippen molar-refractivity contribution in [2.75, 3.05) is 18.8 Å². The van der Waals surface area contributed by atoms with Crippen molar-refractivity contribution >= 4 is 11.6 Å². The fourth-order valence-electron chi connectivity index (χ4n) is 2.09. The largest absolute Gasteiger partial charge is 0.398 e. The summed E-state index contributed by atoms with van der Waals surface area (Å²) < 4.78 is 0. The Hall–Kier alpha value is -1.59. The maximum atomic E-state index is 11.0. The van der Waals surface area contributed by atoms with Crippen LogP contribution in [0.25, 0.3) is 0 Å². The molecule has 1 aliphatic heterocycles. The minimum atomic E-state index is -0.472. The van der Waals surface area contributed by atoms with Crippen LogP contribution in [0.2, 0.25) is 0 Å².